The Kier molecular flexibility index (Phi) is 6.97. The molecule has 1 saturated heterocycles. The molecule has 0 N–H and O–H groups in total. The molecule has 2 aromatic carbocycles. The van der Waals surface area contributed by atoms with Crippen LogP contribution in [0.25, 0.3) is 0 Å². The molecule has 1 aliphatic heterocycles. The van der Waals surface area contributed by atoms with Crippen molar-refractivity contribution < 1.29 is 23.8 Å². The minimum Gasteiger partial charge on any atom is -0.484 e. The van der Waals surface area contributed by atoms with Crippen LogP contribution in [0.4, 0.5) is 5.69 Å². The van der Waals surface area contributed by atoms with E-state index in [0.29, 0.717) is 43.3 Å². The van der Waals surface area contributed by atoms with E-state index >= 15 is 0 Å². The normalized spacial score (nSPS) is 14.1. The van der Waals surface area contributed by atoms with Gasteiger partial charge < -0.3 is 19.1 Å². The molecule has 0 aromatic heterocycles. The third-order valence-electron chi connectivity index (χ3n) is 4.67. The molecule has 7 heteroatoms. The molecule has 7 nitrogen and oxygen atoms in total. The van der Waals surface area contributed by atoms with Crippen molar-refractivity contribution in [2.75, 3.05) is 40.0 Å². The predicted octanol–water partition coefficient (Wildman–Crippen LogP) is 2.77. The Labute approximate surface area is 169 Å². The largest absolute Gasteiger partial charge is 0.484 e. The average Bonchev–Trinajstić information content (AvgIpc) is 2.77. The van der Waals surface area contributed by atoms with Crippen LogP contribution in [0.5, 0.6) is 5.75 Å². The molecule has 0 unspecified atom stereocenters. The summed E-state index contributed by atoms with van der Waals surface area (Å²) < 4.78 is 15.6. The van der Waals surface area contributed by atoms with Crippen LogP contribution in [0.3, 0.4) is 0 Å². The van der Waals surface area contributed by atoms with Gasteiger partial charge in [-0.1, -0.05) is 6.07 Å². The van der Waals surface area contributed by atoms with E-state index in [4.69, 9.17) is 14.2 Å². The lowest BCUT2D eigenvalue weighted by Gasteiger charge is -2.26. The number of esters is 1. The lowest BCUT2D eigenvalue weighted by Crippen LogP contribution is -2.42. The van der Waals surface area contributed by atoms with E-state index in [2.05, 4.69) is 4.99 Å². The van der Waals surface area contributed by atoms with Crippen molar-refractivity contribution in [2.24, 2.45) is 4.99 Å². The molecule has 0 spiro atoms. The number of nitrogens with zero attached hydrogens (tertiary/aromatic N) is 2. The Bertz CT molecular complexity index is 887. The van der Waals surface area contributed by atoms with E-state index in [-0.39, 0.29) is 18.5 Å². The van der Waals surface area contributed by atoms with Crippen LogP contribution in [-0.4, -0.2) is 63.0 Å². The zero-order valence-electron chi connectivity index (χ0n) is 16.6. The minimum atomic E-state index is -0.382. The van der Waals surface area contributed by atoms with Gasteiger partial charge in [0.2, 0.25) is 0 Å². The van der Waals surface area contributed by atoms with Gasteiger partial charge in [0.05, 0.1) is 31.6 Å². The van der Waals surface area contributed by atoms with Gasteiger partial charge in [-0.3, -0.25) is 9.79 Å². The lowest BCUT2D eigenvalue weighted by atomic mass is 10.1. The van der Waals surface area contributed by atoms with E-state index in [1.807, 2.05) is 25.1 Å². The third-order valence-corrected chi connectivity index (χ3v) is 4.67. The van der Waals surface area contributed by atoms with Gasteiger partial charge >= 0.3 is 5.97 Å². The number of carbonyl (C=O) groups excluding carboxylic acids is 2. The Morgan fingerprint density at radius 2 is 1.86 bits per heavy atom. The molecular formula is C22H24N2O5. The molecule has 0 bridgehead atoms. The van der Waals surface area contributed by atoms with Gasteiger partial charge in [0, 0.05) is 19.3 Å². The molecule has 0 saturated carbocycles. The maximum Gasteiger partial charge on any atom is 0.338 e. The van der Waals surface area contributed by atoms with Crippen LogP contribution in [0.1, 0.15) is 21.5 Å². The second kappa shape index (κ2) is 9.84. The maximum absolute atomic E-state index is 12.1. The van der Waals surface area contributed by atoms with Gasteiger partial charge in [-0.15, -0.1) is 0 Å². The van der Waals surface area contributed by atoms with E-state index < -0.39 is 0 Å². The summed E-state index contributed by atoms with van der Waals surface area (Å²) in [7, 11) is 1.36. The number of amides is 1. The zero-order valence-corrected chi connectivity index (χ0v) is 16.6. The van der Waals surface area contributed by atoms with Crippen molar-refractivity contribution in [3.8, 4) is 5.75 Å². The first kappa shape index (κ1) is 20.5. The predicted molar refractivity (Wildman–Crippen MR) is 109 cm³/mol. The molecule has 2 aromatic rings. The minimum absolute atomic E-state index is 0.00690. The van der Waals surface area contributed by atoms with Crippen LogP contribution in [0.15, 0.2) is 47.5 Å². The van der Waals surface area contributed by atoms with Gasteiger partial charge in [0.15, 0.2) is 6.61 Å². The van der Waals surface area contributed by atoms with Gasteiger partial charge in [-0.2, -0.15) is 0 Å². The number of ether oxygens (including phenoxy) is 3. The molecule has 0 atom stereocenters. The van der Waals surface area contributed by atoms with Crippen molar-refractivity contribution in [3.05, 3.63) is 59.2 Å². The van der Waals surface area contributed by atoms with Crippen molar-refractivity contribution >= 4 is 23.8 Å². The molecule has 1 heterocycles. The summed E-state index contributed by atoms with van der Waals surface area (Å²) in [5, 5.41) is 0. The van der Waals surface area contributed by atoms with E-state index in [9.17, 15) is 9.59 Å². The van der Waals surface area contributed by atoms with E-state index in [0.717, 1.165) is 11.1 Å². The van der Waals surface area contributed by atoms with Crippen molar-refractivity contribution in [3.63, 3.8) is 0 Å². The fourth-order valence-electron chi connectivity index (χ4n) is 2.94. The van der Waals surface area contributed by atoms with Crippen molar-refractivity contribution in [1.29, 1.82) is 0 Å². The smallest absolute Gasteiger partial charge is 0.338 e. The van der Waals surface area contributed by atoms with Crippen LogP contribution >= 0.6 is 0 Å². The van der Waals surface area contributed by atoms with Crippen molar-refractivity contribution in [2.45, 2.75) is 6.92 Å². The molecule has 1 fully saturated rings. The topological polar surface area (TPSA) is 77.4 Å². The molecule has 29 heavy (non-hydrogen) atoms. The van der Waals surface area contributed by atoms with Gasteiger partial charge in [-0.25, -0.2) is 4.79 Å². The number of rotatable bonds is 6. The number of morpholine rings is 1. The number of benzene rings is 2. The van der Waals surface area contributed by atoms with E-state index in [1.165, 1.54) is 7.11 Å². The number of aliphatic imine (C=N–C) groups is 1. The third kappa shape index (κ3) is 5.42. The fraction of sp³-hybridized carbons (Fsp3) is 0.318. The van der Waals surface area contributed by atoms with Crippen LogP contribution in [-0.2, 0) is 14.3 Å². The number of methoxy groups -OCH3 is 1. The van der Waals surface area contributed by atoms with Crippen LogP contribution in [0, 0.1) is 6.92 Å². The number of carbonyl (C=O) groups is 2. The highest BCUT2D eigenvalue weighted by Gasteiger charge is 2.17. The fourth-order valence-corrected chi connectivity index (χ4v) is 2.94. The lowest BCUT2D eigenvalue weighted by molar-refractivity contribution is -0.137. The highest BCUT2D eigenvalue weighted by molar-refractivity contribution is 5.93. The van der Waals surface area contributed by atoms with Gasteiger partial charge in [0.25, 0.3) is 5.91 Å². The summed E-state index contributed by atoms with van der Waals surface area (Å²) >= 11 is 0. The first-order chi connectivity index (χ1) is 14.1. The second-order valence-corrected chi connectivity index (χ2v) is 6.55. The molecule has 1 amide bonds. The summed E-state index contributed by atoms with van der Waals surface area (Å²) in [4.78, 5) is 30.1. The average molecular weight is 396 g/mol. The standard InChI is InChI=1S/C22H24N2O5/c1-16-19(22(26)27-2)4-3-5-20(16)23-14-17-6-8-18(9-7-17)29-15-21(25)24-10-12-28-13-11-24/h3-9,14H,10-13,15H2,1-2H3. The summed E-state index contributed by atoms with van der Waals surface area (Å²) in [6.07, 6.45) is 1.71. The quantitative estimate of drug-likeness (QED) is 0.554. The summed E-state index contributed by atoms with van der Waals surface area (Å²) in [6.45, 7) is 4.19. The Morgan fingerprint density at radius 1 is 1.14 bits per heavy atom. The first-order valence-corrected chi connectivity index (χ1v) is 9.39. The van der Waals surface area contributed by atoms with E-state index in [1.54, 1.807) is 35.4 Å². The molecule has 0 aliphatic carbocycles. The van der Waals surface area contributed by atoms with Gasteiger partial charge in [-0.05, 0) is 54.4 Å². The zero-order chi connectivity index (χ0) is 20.6. The monoisotopic (exact) mass is 396 g/mol. The number of hydrogen-bond acceptors (Lipinski definition) is 6. The van der Waals surface area contributed by atoms with Crippen LogP contribution < -0.4 is 4.74 Å². The molecule has 3 rings (SSSR count). The summed E-state index contributed by atoms with van der Waals surface area (Å²) in [5.41, 5.74) is 2.83. The SMILES string of the molecule is COC(=O)c1cccc(N=Cc2ccc(OCC(=O)N3CCOCC3)cc2)c1C. The highest BCUT2D eigenvalue weighted by atomic mass is 16.5. The Balaban J connectivity index is 1.59. The van der Waals surface area contributed by atoms with Crippen LogP contribution in [0.2, 0.25) is 0 Å². The molecular weight excluding hydrogens is 372 g/mol. The summed E-state index contributed by atoms with van der Waals surface area (Å²) in [5.74, 6) is 0.195. The Hall–Kier alpha value is -3.19. The maximum atomic E-state index is 12.1. The Morgan fingerprint density at radius 3 is 2.55 bits per heavy atom. The highest BCUT2D eigenvalue weighted by Crippen LogP contribution is 2.22. The molecule has 152 valence electrons. The molecule has 1 aliphatic rings. The first-order valence-electron chi connectivity index (χ1n) is 9.39. The van der Waals surface area contributed by atoms with Crippen molar-refractivity contribution in [1.82, 2.24) is 4.90 Å². The molecule has 0 radical (unpaired) electrons. The second-order valence-electron chi connectivity index (χ2n) is 6.55. The number of hydrogen-bond donors (Lipinski definition) is 0. The summed E-state index contributed by atoms with van der Waals surface area (Å²) in [6, 6.07) is 12.6. The van der Waals surface area contributed by atoms with Gasteiger partial charge in [0.1, 0.15) is 5.75 Å².